The minimum atomic E-state index is -3.99. The van der Waals surface area contributed by atoms with Gasteiger partial charge in [-0.3, -0.25) is 9.52 Å². The second-order valence-electron chi connectivity index (χ2n) is 9.80. The van der Waals surface area contributed by atoms with E-state index >= 15 is 0 Å². The van der Waals surface area contributed by atoms with Crippen molar-refractivity contribution >= 4 is 38.1 Å². The second-order valence-corrected chi connectivity index (χ2v) is 12.4. The van der Waals surface area contributed by atoms with Crippen molar-refractivity contribution in [1.29, 1.82) is 0 Å². The molecule has 2 aromatic carbocycles. The Bertz CT molecular complexity index is 1360. The number of nitrogens with zero attached hydrogens (tertiary/aromatic N) is 1. The fourth-order valence-electron chi connectivity index (χ4n) is 4.74. The lowest BCUT2D eigenvalue weighted by Gasteiger charge is -2.29. The Morgan fingerprint density at radius 3 is 2.41 bits per heavy atom. The van der Waals surface area contributed by atoms with Gasteiger partial charge in [0.05, 0.1) is 17.7 Å². The third-order valence-corrected chi connectivity index (χ3v) is 9.47. The molecule has 198 valence electrons. The smallest absolute Gasteiger partial charge is 0.265 e. The standard InChI is InChI=1S/C27H33N3O5S2/c1-16(2)18-5-7-19(8-6-18)26(32)29-27-28-17(3)25(36-27)20-9-14-23(35-4)24(15-20)37(33,34)30-21-10-12-22(31)13-11-21/h9-16,18-19,30-31H,5-8H2,1-4H3,(H,28,29,32)/t18-,19-. The molecule has 0 unspecified atom stereocenters. The van der Waals surface area contributed by atoms with Crippen LogP contribution in [0.15, 0.2) is 47.4 Å². The van der Waals surface area contributed by atoms with E-state index in [2.05, 4.69) is 28.9 Å². The van der Waals surface area contributed by atoms with Gasteiger partial charge in [-0.1, -0.05) is 25.2 Å². The maximum atomic E-state index is 13.2. The average Bonchev–Trinajstić information content (AvgIpc) is 3.24. The molecule has 1 amide bonds. The maximum absolute atomic E-state index is 13.2. The Morgan fingerprint density at radius 2 is 1.78 bits per heavy atom. The van der Waals surface area contributed by atoms with Crippen LogP contribution < -0.4 is 14.8 Å². The molecule has 0 radical (unpaired) electrons. The third kappa shape index (κ3) is 6.24. The van der Waals surface area contributed by atoms with Crippen LogP contribution in [0.2, 0.25) is 0 Å². The lowest BCUT2D eigenvalue weighted by Crippen LogP contribution is -2.28. The molecule has 0 aliphatic heterocycles. The van der Waals surface area contributed by atoms with Crippen LogP contribution in [0.1, 0.15) is 45.2 Å². The number of hydrogen-bond donors (Lipinski definition) is 3. The molecule has 1 aliphatic rings. The topological polar surface area (TPSA) is 118 Å². The lowest BCUT2D eigenvalue weighted by molar-refractivity contribution is -0.121. The number of nitrogens with one attached hydrogen (secondary N) is 2. The summed E-state index contributed by atoms with van der Waals surface area (Å²) < 4.78 is 34.3. The number of anilines is 2. The summed E-state index contributed by atoms with van der Waals surface area (Å²) >= 11 is 1.32. The molecule has 0 saturated heterocycles. The van der Waals surface area contributed by atoms with Gasteiger partial charge in [-0.15, -0.1) is 0 Å². The molecule has 1 aromatic heterocycles. The van der Waals surface area contributed by atoms with Crippen molar-refractivity contribution in [3.8, 4) is 21.9 Å². The van der Waals surface area contributed by atoms with Crippen LogP contribution >= 0.6 is 11.3 Å². The summed E-state index contributed by atoms with van der Waals surface area (Å²) in [4.78, 5) is 18.2. The molecule has 0 spiro atoms. The number of phenols is 1. The van der Waals surface area contributed by atoms with Crippen molar-refractivity contribution < 1.29 is 23.1 Å². The number of carbonyl (C=O) groups excluding carboxylic acids is 1. The zero-order valence-electron chi connectivity index (χ0n) is 21.4. The van der Waals surface area contributed by atoms with E-state index in [-0.39, 0.29) is 28.2 Å². The van der Waals surface area contributed by atoms with Crippen LogP contribution in [0.25, 0.3) is 10.4 Å². The largest absolute Gasteiger partial charge is 0.508 e. The summed E-state index contributed by atoms with van der Waals surface area (Å²) in [7, 11) is -2.58. The zero-order valence-corrected chi connectivity index (χ0v) is 23.1. The van der Waals surface area contributed by atoms with Crippen molar-refractivity contribution in [2.45, 2.75) is 51.3 Å². The van der Waals surface area contributed by atoms with Crippen molar-refractivity contribution in [2.24, 2.45) is 17.8 Å². The molecular formula is C27H33N3O5S2. The Kier molecular flexibility index (Phi) is 8.08. The summed E-state index contributed by atoms with van der Waals surface area (Å²) in [5.74, 6) is 1.55. The molecule has 4 rings (SSSR count). The Hall–Kier alpha value is -3.11. The number of benzene rings is 2. The van der Waals surface area contributed by atoms with Crippen molar-refractivity contribution in [1.82, 2.24) is 4.98 Å². The highest BCUT2D eigenvalue weighted by molar-refractivity contribution is 7.92. The van der Waals surface area contributed by atoms with E-state index in [9.17, 15) is 18.3 Å². The highest BCUT2D eigenvalue weighted by atomic mass is 32.2. The molecule has 10 heteroatoms. The summed E-state index contributed by atoms with van der Waals surface area (Å²) in [6.07, 6.45) is 3.91. The first kappa shape index (κ1) is 26.9. The van der Waals surface area contributed by atoms with E-state index in [0.29, 0.717) is 33.9 Å². The number of phenolic OH excluding ortho intramolecular Hbond substituents is 1. The molecule has 1 fully saturated rings. The number of methoxy groups -OCH3 is 1. The lowest BCUT2D eigenvalue weighted by atomic mass is 9.77. The van der Waals surface area contributed by atoms with Gasteiger partial charge < -0.3 is 15.2 Å². The number of aryl methyl sites for hydroxylation is 1. The van der Waals surface area contributed by atoms with Crippen LogP contribution in [0.5, 0.6) is 11.5 Å². The molecule has 8 nitrogen and oxygen atoms in total. The quantitative estimate of drug-likeness (QED) is 0.299. The minimum Gasteiger partial charge on any atom is -0.508 e. The van der Waals surface area contributed by atoms with Gasteiger partial charge in [0.1, 0.15) is 16.4 Å². The highest BCUT2D eigenvalue weighted by Crippen LogP contribution is 2.38. The van der Waals surface area contributed by atoms with Crippen LogP contribution in [0.3, 0.4) is 0 Å². The van der Waals surface area contributed by atoms with E-state index < -0.39 is 10.0 Å². The molecule has 3 aromatic rings. The van der Waals surface area contributed by atoms with E-state index in [4.69, 9.17) is 4.74 Å². The van der Waals surface area contributed by atoms with E-state index in [1.54, 1.807) is 18.2 Å². The predicted octanol–water partition coefficient (Wildman–Crippen LogP) is 6.03. The number of aromatic nitrogens is 1. The normalized spacial score (nSPS) is 18.0. The Labute approximate surface area is 222 Å². The summed E-state index contributed by atoms with van der Waals surface area (Å²) in [5, 5.41) is 13.0. The van der Waals surface area contributed by atoms with E-state index in [1.165, 1.54) is 42.7 Å². The first-order chi connectivity index (χ1) is 17.6. The van der Waals surface area contributed by atoms with Gasteiger partial charge in [0, 0.05) is 11.6 Å². The fraction of sp³-hybridized carbons (Fsp3) is 0.407. The molecular weight excluding hydrogens is 510 g/mol. The summed E-state index contributed by atoms with van der Waals surface area (Å²) in [6, 6.07) is 10.7. The molecule has 0 atom stereocenters. The molecule has 1 saturated carbocycles. The molecule has 1 aliphatic carbocycles. The van der Waals surface area contributed by atoms with Crippen LogP contribution in [-0.2, 0) is 14.8 Å². The number of thiazole rings is 1. The number of amides is 1. The summed E-state index contributed by atoms with van der Waals surface area (Å²) in [5.41, 5.74) is 1.66. The SMILES string of the molecule is COc1ccc(-c2sc(NC(=O)[C@H]3CC[C@H](C(C)C)CC3)nc2C)cc1S(=O)(=O)Nc1ccc(O)cc1. The van der Waals surface area contributed by atoms with Crippen LogP contribution in [0.4, 0.5) is 10.8 Å². The van der Waals surface area contributed by atoms with E-state index in [1.807, 2.05) is 6.92 Å². The van der Waals surface area contributed by atoms with Crippen molar-refractivity contribution in [3.63, 3.8) is 0 Å². The molecule has 1 heterocycles. The highest BCUT2D eigenvalue weighted by Gasteiger charge is 2.28. The number of aromatic hydroxyl groups is 1. The fourth-order valence-corrected chi connectivity index (χ4v) is 6.96. The van der Waals surface area contributed by atoms with E-state index in [0.717, 1.165) is 30.6 Å². The maximum Gasteiger partial charge on any atom is 0.265 e. The first-order valence-electron chi connectivity index (χ1n) is 12.4. The number of ether oxygens (including phenoxy) is 1. The van der Waals surface area contributed by atoms with Gasteiger partial charge in [0.2, 0.25) is 5.91 Å². The first-order valence-corrected chi connectivity index (χ1v) is 14.7. The van der Waals surface area contributed by atoms with Gasteiger partial charge >= 0.3 is 0 Å². The average molecular weight is 544 g/mol. The third-order valence-electron chi connectivity index (χ3n) is 6.95. The van der Waals surface area contributed by atoms with Gasteiger partial charge in [-0.05, 0) is 92.5 Å². The number of sulfonamides is 1. The van der Waals surface area contributed by atoms with Crippen molar-refractivity contribution in [3.05, 3.63) is 48.2 Å². The van der Waals surface area contributed by atoms with Gasteiger partial charge in [0.25, 0.3) is 10.0 Å². The van der Waals surface area contributed by atoms with Crippen LogP contribution in [0, 0.1) is 24.7 Å². The number of carbonyl (C=O) groups is 1. The van der Waals surface area contributed by atoms with Crippen molar-refractivity contribution in [2.75, 3.05) is 17.1 Å². The molecule has 3 N–H and O–H groups in total. The summed E-state index contributed by atoms with van der Waals surface area (Å²) in [6.45, 7) is 6.32. The number of rotatable bonds is 8. The van der Waals surface area contributed by atoms with Gasteiger partial charge in [-0.2, -0.15) is 0 Å². The molecule has 37 heavy (non-hydrogen) atoms. The van der Waals surface area contributed by atoms with Gasteiger partial charge in [0.15, 0.2) is 5.13 Å². The van der Waals surface area contributed by atoms with Gasteiger partial charge in [-0.25, -0.2) is 13.4 Å². The zero-order chi connectivity index (χ0) is 26.7. The molecule has 0 bridgehead atoms. The monoisotopic (exact) mass is 543 g/mol. The minimum absolute atomic E-state index is 0.00129. The van der Waals surface area contributed by atoms with Crippen LogP contribution in [-0.4, -0.2) is 31.5 Å². The second kappa shape index (κ2) is 11.1. The Balaban J connectivity index is 1.54. The number of hydrogen-bond acceptors (Lipinski definition) is 7. The predicted molar refractivity (Wildman–Crippen MR) is 147 cm³/mol. The Morgan fingerprint density at radius 1 is 1.11 bits per heavy atom.